The Morgan fingerprint density at radius 2 is 1.76 bits per heavy atom. The summed E-state index contributed by atoms with van der Waals surface area (Å²) in [7, 11) is 0. The first-order valence-electron chi connectivity index (χ1n) is 7.11. The van der Waals surface area contributed by atoms with Crippen LogP contribution < -0.4 is 5.32 Å². The first kappa shape index (κ1) is 14.1. The normalized spacial score (nSPS) is 10.9. The third-order valence-corrected chi connectivity index (χ3v) is 3.81. The molecule has 0 saturated heterocycles. The molecule has 0 amide bonds. The average molecular weight is 297 g/mol. The Labute approximate surface area is 129 Å². The molecule has 0 spiro atoms. The minimum Gasteiger partial charge on any atom is -0.312 e. The lowest BCUT2D eigenvalue weighted by Gasteiger charge is -2.08. The smallest absolute Gasteiger partial charge is 0.0705 e. The number of para-hydroxylation sites is 1. The molecule has 0 fully saturated rings. The number of hydrogen-bond donors (Lipinski definition) is 1. The molecule has 0 bridgehead atoms. The lowest BCUT2D eigenvalue weighted by Crippen LogP contribution is -2.16. The van der Waals surface area contributed by atoms with Gasteiger partial charge in [-0.2, -0.15) is 0 Å². The van der Waals surface area contributed by atoms with Gasteiger partial charge in [0, 0.05) is 23.2 Å². The van der Waals surface area contributed by atoms with Crippen molar-refractivity contribution in [3.8, 4) is 0 Å². The topological polar surface area (TPSA) is 24.9 Å². The van der Waals surface area contributed by atoms with Gasteiger partial charge in [-0.05, 0) is 48.4 Å². The van der Waals surface area contributed by atoms with Crippen LogP contribution in [0.2, 0.25) is 5.02 Å². The largest absolute Gasteiger partial charge is 0.312 e. The van der Waals surface area contributed by atoms with E-state index in [1.165, 1.54) is 16.5 Å². The van der Waals surface area contributed by atoms with Crippen molar-refractivity contribution < 1.29 is 0 Å². The maximum atomic E-state index is 5.89. The van der Waals surface area contributed by atoms with Gasteiger partial charge in [-0.1, -0.05) is 41.9 Å². The molecule has 106 valence electrons. The van der Waals surface area contributed by atoms with Gasteiger partial charge < -0.3 is 5.32 Å². The number of aromatic nitrogens is 1. The summed E-state index contributed by atoms with van der Waals surface area (Å²) < 4.78 is 0. The first-order chi connectivity index (χ1) is 10.3. The van der Waals surface area contributed by atoms with Crippen molar-refractivity contribution in [1.82, 2.24) is 10.3 Å². The van der Waals surface area contributed by atoms with E-state index in [2.05, 4.69) is 40.6 Å². The van der Waals surface area contributed by atoms with Gasteiger partial charge in [-0.15, -0.1) is 0 Å². The van der Waals surface area contributed by atoms with Crippen LogP contribution in [-0.2, 0) is 13.0 Å². The van der Waals surface area contributed by atoms with Crippen molar-refractivity contribution in [2.45, 2.75) is 13.0 Å². The van der Waals surface area contributed by atoms with Crippen molar-refractivity contribution in [3.05, 3.63) is 76.9 Å². The molecule has 2 aromatic carbocycles. The minimum atomic E-state index is 0.787. The molecule has 3 aromatic rings. The van der Waals surface area contributed by atoms with Crippen LogP contribution in [-0.4, -0.2) is 11.5 Å². The van der Waals surface area contributed by atoms with E-state index in [0.29, 0.717) is 0 Å². The summed E-state index contributed by atoms with van der Waals surface area (Å²) in [6.07, 6.45) is 2.87. The Kier molecular flexibility index (Phi) is 4.49. The third-order valence-electron chi connectivity index (χ3n) is 3.56. The van der Waals surface area contributed by atoms with Gasteiger partial charge in [-0.25, -0.2) is 0 Å². The van der Waals surface area contributed by atoms with Crippen LogP contribution >= 0.6 is 11.6 Å². The number of rotatable bonds is 5. The summed E-state index contributed by atoms with van der Waals surface area (Å²) in [5, 5.41) is 5.50. The molecule has 3 rings (SSSR count). The van der Waals surface area contributed by atoms with Gasteiger partial charge in [0.2, 0.25) is 0 Å². The monoisotopic (exact) mass is 296 g/mol. The zero-order chi connectivity index (χ0) is 14.5. The Morgan fingerprint density at radius 3 is 2.62 bits per heavy atom. The maximum absolute atomic E-state index is 5.89. The van der Waals surface area contributed by atoms with Crippen LogP contribution in [0.5, 0.6) is 0 Å². The fraction of sp³-hybridized carbons (Fsp3) is 0.167. The predicted molar refractivity (Wildman–Crippen MR) is 88.6 cm³/mol. The fourth-order valence-corrected chi connectivity index (χ4v) is 2.54. The Bertz CT molecular complexity index is 717. The molecule has 2 nitrogen and oxygen atoms in total. The Morgan fingerprint density at radius 1 is 0.952 bits per heavy atom. The molecular formula is C18H17ClN2. The van der Waals surface area contributed by atoms with Crippen LogP contribution in [0.4, 0.5) is 0 Å². The highest BCUT2D eigenvalue weighted by molar-refractivity contribution is 6.30. The number of pyridine rings is 1. The molecule has 0 aliphatic carbocycles. The van der Waals surface area contributed by atoms with Crippen LogP contribution in [0, 0.1) is 0 Å². The fourth-order valence-electron chi connectivity index (χ4n) is 2.42. The highest BCUT2D eigenvalue weighted by Gasteiger charge is 2.00. The molecule has 0 atom stereocenters. The lowest BCUT2D eigenvalue weighted by atomic mass is 10.1. The molecule has 0 saturated carbocycles. The number of nitrogens with one attached hydrogen (secondary N) is 1. The molecule has 0 aliphatic rings. The number of fused-ring (bicyclic) bond motifs is 1. The molecule has 0 radical (unpaired) electrons. The van der Waals surface area contributed by atoms with Gasteiger partial charge in [0.15, 0.2) is 0 Å². The summed E-state index contributed by atoms with van der Waals surface area (Å²) in [4.78, 5) is 4.39. The Balaban J connectivity index is 1.58. The average Bonchev–Trinajstić information content (AvgIpc) is 2.53. The van der Waals surface area contributed by atoms with Crippen molar-refractivity contribution in [2.24, 2.45) is 0 Å². The highest BCUT2D eigenvalue weighted by Crippen LogP contribution is 2.15. The van der Waals surface area contributed by atoms with E-state index in [0.717, 1.165) is 30.0 Å². The van der Waals surface area contributed by atoms with Crippen molar-refractivity contribution in [3.63, 3.8) is 0 Å². The first-order valence-corrected chi connectivity index (χ1v) is 7.48. The van der Waals surface area contributed by atoms with E-state index in [-0.39, 0.29) is 0 Å². The van der Waals surface area contributed by atoms with E-state index in [4.69, 9.17) is 11.6 Å². The van der Waals surface area contributed by atoms with Crippen LogP contribution in [0.3, 0.4) is 0 Å². The van der Waals surface area contributed by atoms with Crippen LogP contribution in [0.25, 0.3) is 10.9 Å². The summed E-state index contributed by atoms with van der Waals surface area (Å²) in [6.45, 7) is 1.80. The summed E-state index contributed by atoms with van der Waals surface area (Å²) >= 11 is 5.89. The molecule has 1 heterocycles. The van der Waals surface area contributed by atoms with Gasteiger partial charge in [0.05, 0.1) is 5.52 Å². The van der Waals surface area contributed by atoms with Crippen LogP contribution in [0.1, 0.15) is 11.1 Å². The second-order valence-corrected chi connectivity index (χ2v) is 5.48. The van der Waals surface area contributed by atoms with Gasteiger partial charge in [-0.3, -0.25) is 4.98 Å². The molecule has 0 aliphatic heterocycles. The number of hydrogen-bond acceptors (Lipinski definition) is 2. The SMILES string of the molecule is Clc1ccc(CCNCc2ccnc3ccccc23)cc1. The third kappa shape index (κ3) is 3.60. The molecule has 0 unspecified atom stereocenters. The van der Waals surface area contributed by atoms with E-state index in [1.54, 1.807) is 0 Å². The predicted octanol–water partition coefficient (Wildman–Crippen LogP) is 4.22. The van der Waals surface area contributed by atoms with E-state index < -0.39 is 0 Å². The number of nitrogens with zero attached hydrogens (tertiary/aromatic N) is 1. The molecule has 3 heteroatoms. The standard InChI is InChI=1S/C18H17ClN2/c19-16-7-5-14(6-8-16)9-11-20-13-15-10-12-21-18-4-2-1-3-17(15)18/h1-8,10,12,20H,9,11,13H2. The number of benzene rings is 2. The quantitative estimate of drug-likeness (QED) is 0.713. The minimum absolute atomic E-state index is 0.787. The van der Waals surface area contributed by atoms with E-state index >= 15 is 0 Å². The number of halogens is 1. The van der Waals surface area contributed by atoms with Crippen LogP contribution in [0.15, 0.2) is 60.8 Å². The summed E-state index contributed by atoms with van der Waals surface area (Å²) in [5.74, 6) is 0. The molecular weight excluding hydrogens is 280 g/mol. The van der Waals surface area contributed by atoms with Gasteiger partial charge in [0.25, 0.3) is 0 Å². The zero-order valence-electron chi connectivity index (χ0n) is 11.7. The summed E-state index contributed by atoms with van der Waals surface area (Å²) in [6, 6.07) is 18.4. The van der Waals surface area contributed by atoms with Crippen molar-refractivity contribution >= 4 is 22.5 Å². The highest BCUT2D eigenvalue weighted by atomic mass is 35.5. The van der Waals surface area contributed by atoms with E-state index in [9.17, 15) is 0 Å². The zero-order valence-corrected chi connectivity index (χ0v) is 12.5. The summed E-state index contributed by atoms with van der Waals surface area (Å²) in [5.41, 5.74) is 3.64. The second-order valence-electron chi connectivity index (χ2n) is 5.04. The van der Waals surface area contributed by atoms with Crippen molar-refractivity contribution in [2.75, 3.05) is 6.54 Å². The molecule has 1 aromatic heterocycles. The Hall–Kier alpha value is -1.90. The van der Waals surface area contributed by atoms with Crippen molar-refractivity contribution in [1.29, 1.82) is 0 Å². The second kappa shape index (κ2) is 6.70. The van der Waals surface area contributed by atoms with Gasteiger partial charge >= 0.3 is 0 Å². The van der Waals surface area contributed by atoms with Gasteiger partial charge in [0.1, 0.15) is 0 Å². The molecule has 1 N–H and O–H groups in total. The van der Waals surface area contributed by atoms with E-state index in [1.807, 2.05) is 30.5 Å². The molecule has 21 heavy (non-hydrogen) atoms. The lowest BCUT2D eigenvalue weighted by molar-refractivity contribution is 0.689. The maximum Gasteiger partial charge on any atom is 0.0705 e.